The quantitative estimate of drug-likeness (QED) is 0.609. The summed E-state index contributed by atoms with van der Waals surface area (Å²) in [5, 5.41) is 2.57. The molecule has 0 atom stereocenters. The second kappa shape index (κ2) is 8.90. The van der Waals surface area contributed by atoms with Gasteiger partial charge in [-0.2, -0.15) is 0 Å². The first-order chi connectivity index (χ1) is 13.6. The van der Waals surface area contributed by atoms with E-state index >= 15 is 0 Å². The minimum Gasteiger partial charge on any atom is -0.493 e. The summed E-state index contributed by atoms with van der Waals surface area (Å²) in [6.07, 6.45) is 0. The Hall–Kier alpha value is -3.15. The molecule has 0 spiro atoms. The van der Waals surface area contributed by atoms with E-state index in [1.54, 1.807) is 0 Å². The minimum atomic E-state index is -3.84. The van der Waals surface area contributed by atoms with Crippen LogP contribution in [-0.2, 0) is 14.9 Å². The van der Waals surface area contributed by atoms with E-state index in [1.165, 1.54) is 64.8 Å². The molecule has 0 radical (unpaired) electrons. The fourth-order valence-corrected chi connectivity index (χ4v) is 3.38. The highest BCUT2D eigenvalue weighted by Crippen LogP contribution is 2.33. The molecule has 3 N–H and O–H groups in total. The van der Waals surface area contributed by atoms with Gasteiger partial charge in [-0.3, -0.25) is 14.4 Å². The lowest BCUT2D eigenvalue weighted by molar-refractivity contribution is -0.0258. The fraction of sp³-hybridized carbons (Fsp3) is 0.222. The second-order valence-electron chi connectivity index (χ2n) is 5.69. The third-order valence-electron chi connectivity index (χ3n) is 4.05. The molecule has 2 aromatic rings. The highest BCUT2D eigenvalue weighted by molar-refractivity contribution is 7.89. The summed E-state index contributed by atoms with van der Waals surface area (Å²) in [5.41, 5.74) is 5.69. The van der Waals surface area contributed by atoms with Crippen LogP contribution >= 0.6 is 0 Å². The van der Waals surface area contributed by atoms with Crippen molar-refractivity contribution in [3.05, 3.63) is 47.5 Å². The van der Waals surface area contributed by atoms with Gasteiger partial charge < -0.3 is 20.5 Å². The molecule has 0 saturated heterocycles. The molecule has 2 amide bonds. The summed E-state index contributed by atoms with van der Waals surface area (Å²) in [6.45, 7) is 0. The topological polar surface area (TPSA) is 137 Å². The Morgan fingerprint density at radius 3 is 2.03 bits per heavy atom. The monoisotopic (exact) mass is 423 g/mol. The van der Waals surface area contributed by atoms with Crippen molar-refractivity contribution in [2.45, 2.75) is 4.90 Å². The van der Waals surface area contributed by atoms with Gasteiger partial charge in [0.15, 0.2) is 11.5 Å². The van der Waals surface area contributed by atoms with E-state index in [-0.39, 0.29) is 33.2 Å². The predicted octanol–water partition coefficient (Wildman–Crippen LogP) is 1.24. The molecule has 0 fully saturated rings. The van der Waals surface area contributed by atoms with Gasteiger partial charge in [0.05, 0.1) is 37.5 Å². The van der Waals surface area contributed by atoms with Crippen LogP contribution in [0.25, 0.3) is 0 Å². The molecular weight excluding hydrogens is 402 g/mol. The van der Waals surface area contributed by atoms with E-state index < -0.39 is 21.8 Å². The number of sulfonamides is 1. The number of rotatable bonds is 8. The molecule has 0 aliphatic carbocycles. The molecule has 0 saturated carbocycles. The number of anilines is 1. The summed E-state index contributed by atoms with van der Waals surface area (Å²) in [4.78, 5) is 29.0. The fourth-order valence-electron chi connectivity index (χ4n) is 2.41. The van der Waals surface area contributed by atoms with Crippen LogP contribution in [0, 0.1) is 0 Å². The number of methoxy groups -OCH3 is 2. The number of carbonyl (C=O) groups is 2. The molecule has 2 aromatic carbocycles. The number of hydroxylamine groups is 1. The van der Waals surface area contributed by atoms with Crippen LogP contribution in [0.5, 0.6) is 11.5 Å². The van der Waals surface area contributed by atoms with Gasteiger partial charge in [0.25, 0.3) is 21.8 Å². The van der Waals surface area contributed by atoms with Gasteiger partial charge in [-0.1, -0.05) is 4.47 Å². The van der Waals surface area contributed by atoms with Gasteiger partial charge in [-0.05, 0) is 30.3 Å². The van der Waals surface area contributed by atoms with Gasteiger partial charge >= 0.3 is 0 Å². The standard InChI is InChI=1S/C18H21N3O7S/c1-21(28-4)29(24,25)12-7-5-11(6-8-12)18(23)20-14-10-16(27-3)15(26-2)9-13(14)17(19)22/h5-10H,1-4H3,(H2,19,22)(H,20,23). The highest BCUT2D eigenvalue weighted by atomic mass is 32.2. The van der Waals surface area contributed by atoms with E-state index in [4.69, 9.17) is 20.0 Å². The summed E-state index contributed by atoms with van der Waals surface area (Å²) in [5.74, 6) is -0.790. The summed E-state index contributed by atoms with van der Waals surface area (Å²) in [7, 11) is 1.44. The molecule has 2 rings (SSSR count). The third-order valence-corrected chi connectivity index (χ3v) is 5.74. The van der Waals surface area contributed by atoms with Crippen LogP contribution in [0.2, 0.25) is 0 Å². The number of hydrogen-bond donors (Lipinski definition) is 2. The van der Waals surface area contributed by atoms with E-state index in [9.17, 15) is 18.0 Å². The first-order valence-corrected chi connectivity index (χ1v) is 9.60. The van der Waals surface area contributed by atoms with Gasteiger partial charge in [0.1, 0.15) is 0 Å². The van der Waals surface area contributed by atoms with Crippen molar-refractivity contribution >= 4 is 27.5 Å². The number of nitrogens with two attached hydrogens (primary N) is 1. The molecule has 0 aromatic heterocycles. The van der Waals surface area contributed by atoms with Gasteiger partial charge in [0.2, 0.25) is 0 Å². The number of carbonyl (C=O) groups excluding carboxylic acids is 2. The Bertz CT molecular complexity index is 1020. The Kier molecular flexibility index (Phi) is 6.80. The van der Waals surface area contributed by atoms with Crippen LogP contribution in [0.3, 0.4) is 0 Å². The lowest BCUT2D eigenvalue weighted by Gasteiger charge is -2.15. The van der Waals surface area contributed by atoms with E-state index in [0.717, 1.165) is 0 Å². The predicted molar refractivity (Wildman–Crippen MR) is 104 cm³/mol. The Labute approximate surface area is 168 Å². The summed E-state index contributed by atoms with van der Waals surface area (Å²) < 4.78 is 35.4. The Balaban J connectivity index is 2.34. The molecule has 0 unspecified atom stereocenters. The van der Waals surface area contributed by atoms with Crippen molar-refractivity contribution in [2.75, 3.05) is 33.7 Å². The molecule has 156 valence electrons. The highest BCUT2D eigenvalue weighted by Gasteiger charge is 2.22. The van der Waals surface area contributed by atoms with Crippen LogP contribution in [0.1, 0.15) is 20.7 Å². The first-order valence-electron chi connectivity index (χ1n) is 8.16. The molecule has 0 bridgehead atoms. The van der Waals surface area contributed by atoms with Crippen molar-refractivity contribution in [2.24, 2.45) is 5.73 Å². The van der Waals surface area contributed by atoms with E-state index in [2.05, 4.69) is 5.32 Å². The molecule has 11 heteroatoms. The third kappa shape index (κ3) is 4.65. The number of primary amides is 1. The first kappa shape index (κ1) is 22.1. The van der Waals surface area contributed by atoms with E-state index in [1.807, 2.05) is 0 Å². The number of amides is 2. The summed E-state index contributed by atoms with van der Waals surface area (Å²) >= 11 is 0. The number of nitrogens with zero attached hydrogens (tertiary/aromatic N) is 1. The van der Waals surface area contributed by atoms with Crippen LogP contribution < -0.4 is 20.5 Å². The smallest absolute Gasteiger partial charge is 0.264 e. The van der Waals surface area contributed by atoms with Crippen molar-refractivity contribution in [3.8, 4) is 11.5 Å². The van der Waals surface area contributed by atoms with Gasteiger partial charge in [-0.25, -0.2) is 8.42 Å². The lowest BCUT2D eigenvalue weighted by atomic mass is 10.1. The average molecular weight is 423 g/mol. The average Bonchev–Trinajstić information content (AvgIpc) is 2.72. The molecule has 0 heterocycles. The van der Waals surface area contributed by atoms with Gasteiger partial charge in [0, 0.05) is 18.7 Å². The Morgan fingerprint density at radius 1 is 1.00 bits per heavy atom. The minimum absolute atomic E-state index is 0.0249. The maximum atomic E-state index is 12.6. The van der Waals surface area contributed by atoms with Crippen molar-refractivity contribution in [1.29, 1.82) is 0 Å². The zero-order valence-corrected chi connectivity index (χ0v) is 17.1. The molecule has 29 heavy (non-hydrogen) atoms. The van der Waals surface area contributed by atoms with Crippen molar-refractivity contribution < 1.29 is 32.3 Å². The normalized spacial score (nSPS) is 11.2. The second-order valence-corrected chi connectivity index (χ2v) is 7.63. The van der Waals surface area contributed by atoms with Crippen LogP contribution in [-0.4, -0.2) is 53.1 Å². The SMILES string of the molecule is COc1cc(NC(=O)c2ccc(S(=O)(=O)N(C)OC)cc2)c(C(N)=O)cc1OC. The van der Waals surface area contributed by atoms with Crippen LogP contribution in [0.4, 0.5) is 5.69 Å². The molecule has 10 nitrogen and oxygen atoms in total. The molecular formula is C18H21N3O7S. The largest absolute Gasteiger partial charge is 0.493 e. The maximum Gasteiger partial charge on any atom is 0.264 e. The van der Waals surface area contributed by atoms with Crippen molar-refractivity contribution in [1.82, 2.24) is 4.47 Å². The number of nitrogens with one attached hydrogen (secondary N) is 1. The molecule has 0 aliphatic heterocycles. The summed E-state index contributed by atoms with van der Waals surface area (Å²) in [6, 6.07) is 7.95. The number of ether oxygens (including phenoxy) is 2. The van der Waals surface area contributed by atoms with E-state index in [0.29, 0.717) is 4.47 Å². The van der Waals surface area contributed by atoms with Crippen LogP contribution in [0.15, 0.2) is 41.3 Å². The van der Waals surface area contributed by atoms with Gasteiger partial charge in [-0.15, -0.1) is 0 Å². The van der Waals surface area contributed by atoms with Crippen molar-refractivity contribution in [3.63, 3.8) is 0 Å². The zero-order valence-electron chi connectivity index (χ0n) is 16.3. The Morgan fingerprint density at radius 2 is 1.55 bits per heavy atom. The molecule has 0 aliphatic rings. The maximum absolute atomic E-state index is 12.6. The number of hydrogen-bond acceptors (Lipinski definition) is 7. The number of benzene rings is 2. The zero-order chi connectivity index (χ0) is 21.8. The lowest BCUT2D eigenvalue weighted by Crippen LogP contribution is -2.25.